The molecule has 5 aromatic rings. The number of amides is 8. The number of aliphatic hydroxyl groups excluding tert-OH is 1. The van der Waals surface area contributed by atoms with Crippen LogP contribution in [-0.4, -0.2) is 221 Å². The van der Waals surface area contributed by atoms with Crippen LogP contribution in [0.2, 0.25) is 0 Å². The van der Waals surface area contributed by atoms with Crippen LogP contribution < -0.4 is 31.3 Å². The first-order valence-corrected chi connectivity index (χ1v) is 39.7. The zero-order chi connectivity index (χ0) is 80.4. The van der Waals surface area contributed by atoms with Gasteiger partial charge >= 0.3 is 0 Å². The highest BCUT2D eigenvalue weighted by Gasteiger charge is 2.49. The minimum Gasteiger partial charge on any atom is -0.497 e. The van der Waals surface area contributed by atoms with Gasteiger partial charge in [0.2, 0.25) is 47.3 Å². The number of quaternary nitrogens is 1. The minimum atomic E-state index is -1.82. The second-order valence-electron chi connectivity index (χ2n) is 32.2. The predicted octanol–water partition coefficient (Wildman–Crippen LogP) is 6.06. The van der Waals surface area contributed by atoms with Crippen molar-refractivity contribution >= 4 is 81.3 Å². The van der Waals surface area contributed by atoms with Gasteiger partial charge in [0, 0.05) is 120 Å². The van der Waals surface area contributed by atoms with Crippen LogP contribution in [-0.2, 0) is 112 Å². The molecule has 0 unspecified atom stereocenters. The van der Waals surface area contributed by atoms with E-state index in [-0.39, 0.29) is 127 Å². The van der Waals surface area contributed by atoms with Gasteiger partial charge in [-0.05, 0) is 142 Å². The van der Waals surface area contributed by atoms with Crippen LogP contribution in [0.15, 0.2) is 97.2 Å². The van der Waals surface area contributed by atoms with Crippen LogP contribution in [0.3, 0.4) is 0 Å². The topological polar surface area (TPSA) is 328 Å². The van der Waals surface area contributed by atoms with Crippen LogP contribution in [0, 0.1) is 17.7 Å². The molecule has 604 valence electrons. The van der Waals surface area contributed by atoms with E-state index in [1.54, 1.807) is 66.4 Å². The van der Waals surface area contributed by atoms with Gasteiger partial charge in [-0.3, -0.25) is 57.5 Å². The maximum Gasteiger partial charge on any atom is 0.246 e. The quantitative estimate of drug-likeness (QED) is 0.0577. The zero-order valence-corrected chi connectivity index (χ0v) is 65.8. The molecule has 27 heteroatoms. The van der Waals surface area contributed by atoms with Crippen molar-refractivity contribution in [1.29, 1.82) is 0 Å². The van der Waals surface area contributed by atoms with Gasteiger partial charge in [-0.2, -0.15) is 0 Å². The van der Waals surface area contributed by atoms with Crippen LogP contribution in [0.5, 0.6) is 5.75 Å². The normalized spacial score (nSPS) is 25.2. The summed E-state index contributed by atoms with van der Waals surface area (Å²) in [4.78, 5) is 184. The summed E-state index contributed by atoms with van der Waals surface area (Å²) in [6.07, 6.45) is 0.965. The van der Waals surface area contributed by atoms with Crippen LogP contribution in [0.1, 0.15) is 157 Å². The van der Waals surface area contributed by atoms with Crippen LogP contribution in [0.4, 0.5) is 4.39 Å². The molecule has 6 aliphatic heterocycles. The van der Waals surface area contributed by atoms with E-state index in [0.717, 1.165) is 11.1 Å². The molecule has 0 saturated carbocycles. The first-order chi connectivity index (χ1) is 53.5. The standard InChI is InChI=1S/C85H111FN10O16/c1-54-43-65(99)27-32-76(103)93-37-11-9-8-10-36-92-52-62(67-49-63(86)25-31-71(67)92)47-61-48-72(100)69(89-80(105)68(88-79(54)104)30-26-64(98)34-41-111-42-40-96(4,5)6)46-59-16-12-17-60(44-59)50-87-75(102)53-112-73-33-39-94(83(61)108)78(73)82(107)91-77(55(2)97)81(106)90-70(45-57-23-28-66(110-7)29-24-57)84(109)95-38-14-35-85(95,3)74(101)18-13-15-56-19-21-58(51-93)22-20-56/h12,16-17,19-25,28-29,31,44,49,52,54-55,61,68-70,73,77-78,97H,8-11,13-15,18,26-27,30,32-43,45-48,50-51,53H2,1-7H3,(H4-,87,88,89,90,91,102,104,105,106,107)/p+1/t54-,55-,61-,68-,69+,70+,73+,77+,78+,85+/m1/s1. The van der Waals surface area contributed by atoms with Crippen molar-refractivity contribution in [3.63, 3.8) is 0 Å². The Kier molecular flexibility index (Phi) is 29.7. The maximum atomic E-state index is 16.3. The number of carbonyl (C=O) groups is 12. The maximum absolute atomic E-state index is 16.3. The van der Waals surface area contributed by atoms with Crippen LogP contribution >= 0.6 is 0 Å². The van der Waals surface area contributed by atoms with Gasteiger partial charge in [0.1, 0.15) is 60.5 Å². The number of aryl methyl sites for hydroxylation is 2. The van der Waals surface area contributed by atoms with Gasteiger partial charge < -0.3 is 69.7 Å². The number of aliphatic hydroxyl groups is 1. The molecule has 6 N–H and O–H groups in total. The molecule has 8 amide bonds. The fraction of sp³-hybridized carbons (Fsp3) is 0.553. The second-order valence-corrected chi connectivity index (χ2v) is 32.2. The SMILES string of the molecule is COc1ccc(C[C@@H]2NC(=O)[C@H]([C@@H](C)O)NC(=O)[C@@H]3[C@@H]4CCN3C(=O)[C@H]3CC(=O)[C@H](Cc5cccc(c5)CNC(=O)CO4)NC(=O)[C@@H](CCC(=O)CCOCC[N+](C)(C)C)NC(=O)[C@H](C)CC(=O)CCC(=O)N(CCCCCCn4cc(c5cc(F)ccc54)C3)Cc3ccc(cc3)CCCC(=O)[C@]3(C)CCCN3C2=O)cc1. The Bertz CT molecular complexity index is 4220. The van der Waals surface area contributed by atoms with Crippen molar-refractivity contribution in [2.24, 2.45) is 11.8 Å². The molecule has 0 spiro atoms. The Balaban J connectivity index is 1.08. The third-order valence-corrected chi connectivity index (χ3v) is 22.5. The molecule has 12 bridgehead atoms. The van der Waals surface area contributed by atoms with E-state index >= 15 is 33.2 Å². The Morgan fingerprint density at radius 2 is 1.43 bits per heavy atom. The number of aromatic nitrogens is 1. The molecule has 2 saturated heterocycles. The number of ether oxygens (including phenoxy) is 3. The van der Waals surface area contributed by atoms with Crippen LogP contribution in [0.25, 0.3) is 10.9 Å². The predicted molar refractivity (Wildman–Crippen MR) is 415 cm³/mol. The Labute approximate surface area is 654 Å². The van der Waals surface area contributed by atoms with E-state index < -0.39 is 126 Å². The molecule has 4 aromatic carbocycles. The molecule has 7 heterocycles. The molecule has 1 aromatic heterocycles. The fourth-order valence-electron chi connectivity index (χ4n) is 15.8. The smallest absolute Gasteiger partial charge is 0.246 e. The van der Waals surface area contributed by atoms with E-state index in [0.29, 0.717) is 121 Å². The number of ketones is 4. The average molecular weight is 1550 g/mol. The summed E-state index contributed by atoms with van der Waals surface area (Å²) in [5, 5.41) is 26.2. The molecule has 10 atom stereocenters. The lowest BCUT2D eigenvalue weighted by atomic mass is 9.88. The molecule has 6 aliphatic rings. The largest absolute Gasteiger partial charge is 0.497 e. The van der Waals surface area contributed by atoms with Gasteiger partial charge in [0.25, 0.3) is 0 Å². The number of fused-ring (bicyclic) bond motifs is 16. The number of rotatable bonds is 13. The lowest BCUT2D eigenvalue weighted by Crippen LogP contribution is -2.62. The number of hydrogen-bond acceptors (Lipinski definition) is 16. The molecular weight excluding hydrogens is 1440 g/mol. The summed E-state index contributed by atoms with van der Waals surface area (Å²) in [6, 6.07) is 17.9. The van der Waals surface area contributed by atoms with Crippen molar-refractivity contribution in [2.45, 2.75) is 217 Å². The molecular formula is C85H112FN10O16+. The molecule has 0 radical (unpaired) electrons. The minimum absolute atomic E-state index is 0.00840. The number of carbonyl (C=O) groups excluding carboxylic acids is 12. The molecule has 2 fully saturated rings. The van der Waals surface area contributed by atoms with Gasteiger partial charge in [-0.25, -0.2) is 4.39 Å². The number of benzene rings is 4. The van der Waals surface area contributed by atoms with Crippen molar-refractivity contribution in [3.05, 3.63) is 136 Å². The second kappa shape index (κ2) is 39.3. The number of nitrogens with one attached hydrogen (secondary N) is 5. The number of likely N-dealkylation sites (N-methyl/N-ethyl adjacent to an activating group) is 1. The average Bonchev–Trinajstić information content (AvgIpc) is 1.64. The Hall–Kier alpha value is -9.57. The van der Waals surface area contributed by atoms with Gasteiger partial charge in [0.05, 0.1) is 65.3 Å². The highest BCUT2D eigenvalue weighted by molar-refractivity contribution is 6.00. The summed E-state index contributed by atoms with van der Waals surface area (Å²) in [5.41, 5.74) is 3.22. The van der Waals surface area contributed by atoms with E-state index in [1.807, 2.05) is 56.2 Å². The molecule has 11 rings (SSSR count). The Morgan fingerprint density at radius 3 is 2.17 bits per heavy atom. The van der Waals surface area contributed by atoms with E-state index in [1.165, 1.54) is 42.9 Å². The first kappa shape index (κ1) is 84.9. The highest BCUT2D eigenvalue weighted by Crippen LogP contribution is 2.35. The lowest BCUT2D eigenvalue weighted by Gasteiger charge is -2.37. The number of methoxy groups -OCH3 is 1. The van der Waals surface area contributed by atoms with Gasteiger partial charge in [-0.1, -0.05) is 80.4 Å². The molecule has 0 aliphatic carbocycles. The Morgan fingerprint density at radius 1 is 0.696 bits per heavy atom. The number of nitrogens with zero attached hydrogens (tertiary/aromatic N) is 5. The lowest BCUT2D eigenvalue weighted by molar-refractivity contribution is -0.870. The summed E-state index contributed by atoms with van der Waals surface area (Å²) in [6.45, 7) is 5.97. The molecule has 26 nitrogen and oxygen atoms in total. The van der Waals surface area contributed by atoms with Crippen molar-refractivity contribution in [3.8, 4) is 5.75 Å². The monoisotopic (exact) mass is 1550 g/mol. The summed E-state index contributed by atoms with van der Waals surface area (Å²) in [5.74, 6) is -9.90. The number of halogens is 1. The third-order valence-electron chi connectivity index (χ3n) is 22.5. The summed E-state index contributed by atoms with van der Waals surface area (Å²) < 4.78 is 36.0. The van der Waals surface area contributed by atoms with Crippen molar-refractivity contribution < 1.29 is 85.7 Å². The zero-order valence-electron chi connectivity index (χ0n) is 65.8. The number of hydrogen-bond donors (Lipinski definition) is 6. The third kappa shape index (κ3) is 23.1. The van der Waals surface area contributed by atoms with E-state index in [4.69, 9.17) is 14.2 Å². The first-order valence-electron chi connectivity index (χ1n) is 39.7. The van der Waals surface area contributed by atoms with Crippen molar-refractivity contribution in [2.75, 3.05) is 74.3 Å². The van der Waals surface area contributed by atoms with Crippen molar-refractivity contribution in [1.82, 2.24) is 45.9 Å². The fourth-order valence-corrected chi connectivity index (χ4v) is 15.8. The molecule has 112 heavy (non-hydrogen) atoms. The van der Waals surface area contributed by atoms with E-state index in [9.17, 15) is 33.9 Å². The highest BCUT2D eigenvalue weighted by atomic mass is 19.1. The summed E-state index contributed by atoms with van der Waals surface area (Å²) >= 11 is 0. The number of Topliss-reactive ketones (excluding diaryl/α,β-unsaturated/α-hetero) is 4. The van der Waals surface area contributed by atoms with Gasteiger partial charge in [-0.15, -0.1) is 0 Å². The summed E-state index contributed by atoms with van der Waals surface area (Å²) in [7, 11) is 7.53. The van der Waals surface area contributed by atoms with E-state index in [2.05, 4.69) is 26.6 Å². The van der Waals surface area contributed by atoms with Gasteiger partial charge in [0.15, 0.2) is 11.6 Å².